The van der Waals surface area contributed by atoms with Gasteiger partial charge >= 0.3 is 0 Å². The predicted octanol–water partition coefficient (Wildman–Crippen LogP) is 9.56. The van der Waals surface area contributed by atoms with Crippen LogP contribution in [0.15, 0.2) is 36.4 Å². The molecule has 0 fully saturated rings. The first-order valence-electron chi connectivity index (χ1n) is 17.6. The molecule has 5 aromatic rings. The van der Waals surface area contributed by atoms with Crippen LogP contribution in [0.4, 0.5) is 0 Å². The number of hydrogen-bond acceptors (Lipinski definition) is 6. The molecular weight excluding hydrogens is 633 g/mol. The van der Waals surface area contributed by atoms with Crippen molar-refractivity contribution < 1.29 is 19.3 Å². The van der Waals surface area contributed by atoms with E-state index in [0.29, 0.717) is 5.76 Å². The number of ether oxygens (including phenoxy) is 3. The summed E-state index contributed by atoms with van der Waals surface area (Å²) in [6.45, 7) is 19.2. The maximum absolute atomic E-state index is 12.1. The molecule has 6 heteroatoms. The van der Waals surface area contributed by atoms with Gasteiger partial charge in [-0.2, -0.15) is 25.3 Å². The first kappa shape index (κ1) is 33.7. The van der Waals surface area contributed by atoms with Gasteiger partial charge in [-0.3, -0.25) is 0 Å². The van der Waals surface area contributed by atoms with Gasteiger partial charge in [-0.25, -0.2) is 0 Å². The summed E-state index contributed by atoms with van der Waals surface area (Å²) in [4.78, 5) is 0. The molecule has 2 aliphatic carbocycles. The van der Waals surface area contributed by atoms with Crippen molar-refractivity contribution in [3.63, 3.8) is 0 Å². The third kappa shape index (κ3) is 5.60. The number of rotatable bonds is 12. The monoisotopic (exact) mass is 682 g/mol. The van der Waals surface area contributed by atoms with Crippen molar-refractivity contribution >= 4 is 80.2 Å². The minimum Gasteiger partial charge on any atom is -0.488 e. The van der Waals surface area contributed by atoms with E-state index in [1.54, 1.807) is 0 Å². The van der Waals surface area contributed by atoms with Crippen molar-refractivity contribution in [3.8, 4) is 11.5 Å². The Bertz CT molecular complexity index is 2210. The molecule has 3 atom stereocenters. The SMILES string of the molecule is CCCC(C)(C)Oc1c(OC(C)CC(C)(C)S)c2c3c4c(ccc5c4c4c(ccc6ccc1c3c64)C(O)C=5OC(C)(C)CC(C)S)=CC2. The average molecular weight is 683 g/mol. The van der Waals surface area contributed by atoms with Crippen LogP contribution in [-0.4, -0.2) is 32.4 Å². The van der Waals surface area contributed by atoms with E-state index in [1.165, 1.54) is 26.8 Å². The van der Waals surface area contributed by atoms with E-state index in [1.807, 2.05) is 0 Å². The Morgan fingerprint density at radius 2 is 1.54 bits per heavy atom. The zero-order valence-electron chi connectivity index (χ0n) is 29.9. The van der Waals surface area contributed by atoms with Gasteiger partial charge in [-0.15, -0.1) is 0 Å². The standard InChI is InChI=1S/C42H50O4S2/c1-10-19-40(4,5)46-39-29-18-14-24-11-15-26-32-30(24)35(29)34-28(38(39)44-22(2)20-42(8,9)48)17-13-25-12-16-27(33(32)31(25)34)37(36(26)43)45-41(6,7)21-23(3)47/h11-16,18,22-23,36,43,47-48H,10,17,19-21H2,1-9H3. The fourth-order valence-electron chi connectivity index (χ4n) is 8.66. The van der Waals surface area contributed by atoms with Crippen molar-refractivity contribution in [3.05, 3.63) is 58.0 Å². The Morgan fingerprint density at radius 1 is 0.812 bits per heavy atom. The highest BCUT2D eigenvalue weighted by molar-refractivity contribution is 7.81. The number of hydrogen-bond donors (Lipinski definition) is 3. The van der Waals surface area contributed by atoms with Gasteiger partial charge in [0.1, 0.15) is 23.1 Å². The lowest BCUT2D eigenvalue weighted by Gasteiger charge is -2.35. The van der Waals surface area contributed by atoms with Gasteiger partial charge in [0.2, 0.25) is 0 Å². The second-order valence-electron chi connectivity index (χ2n) is 16.2. The van der Waals surface area contributed by atoms with Gasteiger partial charge in [-0.1, -0.05) is 70.5 Å². The Kier molecular flexibility index (Phi) is 8.17. The summed E-state index contributed by atoms with van der Waals surface area (Å²) in [5.41, 5.74) is 1.15. The second kappa shape index (κ2) is 11.6. The molecule has 0 bridgehead atoms. The maximum atomic E-state index is 12.1. The van der Waals surface area contributed by atoms with Gasteiger partial charge < -0.3 is 19.3 Å². The minimum absolute atomic E-state index is 0.0766. The van der Waals surface area contributed by atoms with E-state index in [0.717, 1.165) is 81.5 Å². The Hall–Kier alpha value is -2.80. The maximum Gasteiger partial charge on any atom is 0.170 e. The van der Waals surface area contributed by atoms with Gasteiger partial charge in [0.15, 0.2) is 11.5 Å². The number of benzene rings is 5. The highest BCUT2D eigenvalue weighted by atomic mass is 32.1. The average Bonchev–Trinajstić information content (AvgIpc) is 2.97. The molecule has 0 saturated heterocycles. The summed E-state index contributed by atoms with van der Waals surface area (Å²) >= 11 is 9.53. The lowest BCUT2D eigenvalue weighted by atomic mass is 9.78. The van der Waals surface area contributed by atoms with Crippen LogP contribution in [0.5, 0.6) is 11.5 Å². The fourth-order valence-corrected chi connectivity index (χ4v) is 9.36. The van der Waals surface area contributed by atoms with E-state index < -0.39 is 17.3 Å². The van der Waals surface area contributed by atoms with Crippen molar-refractivity contribution in [2.75, 3.05) is 0 Å². The number of thiol groups is 2. The van der Waals surface area contributed by atoms with E-state index in [4.69, 9.17) is 26.8 Å². The topological polar surface area (TPSA) is 47.9 Å². The molecule has 254 valence electrons. The molecule has 7 rings (SSSR count). The molecule has 0 heterocycles. The molecule has 0 saturated carbocycles. The molecular formula is C42H50O4S2. The lowest BCUT2D eigenvalue weighted by Crippen LogP contribution is -2.33. The first-order chi connectivity index (χ1) is 22.5. The molecule has 0 aliphatic heterocycles. The molecule has 3 unspecified atom stereocenters. The van der Waals surface area contributed by atoms with Crippen molar-refractivity contribution in [1.29, 1.82) is 0 Å². The zero-order valence-corrected chi connectivity index (χ0v) is 31.7. The second-order valence-corrected chi connectivity index (χ2v) is 18.3. The van der Waals surface area contributed by atoms with E-state index in [-0.39, 0.29) is 16.1 Å². The minimum atomic E-state index is -0.888. The van der Waals surface area contributed by atoms with Crippen LogP contribution in [0.25, 0.3) is 54.9 Å². The first-order valence-corrected chi connectivity index (χ1v) is 18.6. The normalized spacial score (nSPS) is 17.6. The zero-order chi connectivity index (χ0) is 34.5. The molecule has 0 aromatic heterocycles. The van der Waals surface area contributed by atoms with Crippen molar-refractivity contribution in [2.45, 2.75) is 128 Å². The third-order valence-corrected chi connectivity index (χ3v) is 10.4. The molecule has 0 amide bonds. The van der Waals surface area contributed by atoms with Gasteiger partial charge in [-0.05, 0) is 104 Å². The van der Waals surface area contributed by atoms with E-state index in [2.05, 4.69) is 117 Å². The quantitative estimate of drug-likeness (QED) is 0.0697. The van der Waals surface area contributed by atoms with Crippen molar-refractivity contribution in [1.82, 2.24) is 0 Å². The Balaban J connectivity index is 1.64. The van der Waals surface area contributed by atoms with E-state index in [9.17, 15) is 5.11 Å². The van der Waals surface area contributed by atoms with Crippen LogP contribution in [0.1, 0.15) is 105 Å². The summed E-state index contributed by atoms with van der Waals surface area (Å²) in [7, 11) is 0. The van der Waals surface area contributed by atoms with Gasteiger partial charge in [0.05, 0.1) is 6.10 Å². The predicted molar refractivity (Wildman–Crippen MR) is 209 cm³/mol. The molecule has 0 spiro atoms. The summed E-state index contributed by atoms with van der Waals surface area (Å²) in [6.07, 6.45) is 5.57. The fraction of sp³-hybridized carbons (Fsp3) is 0.476. The van der Waals surface area contributed by atoms with E-state index >= 15 is 0 Å². The summed E-state index contributed by atoms with van der Waals surface area (Å²) in [5.74, 6) is 2.27. The molecule has 2 aliphatic rings. The van der Waals surface area contributed by atoms with Crippen LogP contribution >= 0.6 is 25.3 Å². The van der Waals surface area contributed by atoms with Gasteiger partial charge in [0.25, 0.3) is 0 Å². The van der Waals surface area contributed by atoms with Crippen LogP contribution in [0.3, 0.4) is 0 Å². The lowest BCUT2D eigenvalue weighted by molar-refractivity contribution is 0.0358. The number of aliphatic hydroxyl groups excluding tert-OH is 1. The highest BCUT2D eigenvalue weighted by Gasteiger charge is 2.36. The number of aliphatic hydroxyl groups is 1. The molecule has 4 nitrogen and oxygen atoms in total. The molecule has 1 N–H and O–H groups in total. The summed E-state index contributed by atoms with van der Waals surface area (Å²) in [5, 5.41) is 23.7. The van der Waals surface area contributed by atoms with Crippen LogP contribution in [0.2, 0.25) is 0 Å². The summed E-state index contributed by atoms with van der Waals surface area (Å²) < 4.78 is 20.7. The van der Waals surface area contributed by atoms with Crippen LogP contribution < -0.4 is 19.9 Å². The van der Waals surface area contributed by atoms with Crippen LogP contribution in [0, 0.1) is 0 Å². The largest absolute Gasteiger partial charge is 0.488 e. The van der Waals surface area contributed by atoms with Crippen molar-refractivity contribution in [2.24, 2.45) is 0 Å². The molecule has 48 heavy (non-hydrogen) atoms. The molecule has 0 radical (unpaired) electrons. The smallest absolute Gasteiger partial charge is 0.170 e. The van der Waals surface area contributed by atoms with Crippen LogP contribution in [-0.2, 0) is 11.2 Å². The van der Waals surface area contributed by atoms with Gasteiger partial charge in [0, 0.05) is 36.9 Å². The highest BCUT2D eigenvalue weighted by Crippen LogP contribution is 2.53. The molecule has 5 aromatic carbocycles. The Labute approximate surface area is 295 Å². The third-order valence-electron chi connectivity index (χ3n) is 10.1. The summed E-state index contributed by atoms with van der Waals surface area (Å²) in [6, 6.07) is 13.0. The Morgan fingerprint density at radius 3 is 2.23 bits per heavy atom.